The molecule has 0 aliphatic rings. The number of hydroxylamine groups is 1. The molecule has 14 heteroatoms. The van der Waals surface area contributed by atoms with E-state index in [-0.39, 0.29) is 34.7 Å². The Morgan fingerprint density at radius 1 is 1.17 bits per heavy atom. The van der Waals surface area contributed by atoms with Crippen molar-refractivity contribution in [3.8, 4) is 0 Å². The molecule has 0 bridgehead atoms. The van der Waals surface area contributed by atoms with Crippen LogP contribution in [-0.4, -0.2) is 48.8 Å². The zero-order chi connectivity index (χ0) is 25.4. The molecular weight excluding hydrogens is 540 g/mol. The van der Waals surface area contributed by atoms with E-state index in [9.17, 15) is 13.6 Å². The third-order valence-corrected chi connectivity index (χ3v) is 6.92. The number of aryl methyl sites for hydroxylation is 2. The molecule has 0 aliphatic carbocycles. The van der Waals surface area contributed by atoms with Crippen LogP contribution < -0.4 is 21.3 Å². The van der Waals surface area contributed by atoms with Crippen LogP contribution in [-0.2, 0) is 10.0 Å². The molecule has 1 aromatic heterocycles. The van der Waals surface area contributed by atoms with Gasteiger partial charge in [0.15, 0.2) is 11.5 Å². The minimum atomic E-state index is -3.80. The highest BCUT2D eigenvalue weighted by Crippen LogP contribution is 2.23. The van der Waals surface area contributed by atoms with Crippen molar-refractivity contribution in [2.75, 3.05) is 18.4 Å². The number of halogens is 1. The normalized spacial score (nSPS) is 12.5. The molecule has 3 rings (SSSR count). The molecule has 35 heavy (non-hydrogen) atoms. The van der Waals surface area contributed by atoms with E-state index in [1.807, 2.05) is 25.4 Å². The van der Waals surface area contributed by atoms with Gasteiger partial charge in [0.2, 0.25) is 11.8 Å². The van der Waals surface area contributed by atoms with Crippen molar-refractivity contribution < 1.29 is 18.3 Å². The number of sulfonamides is 1. The van der Waals surface area contributed by atoms with Gasteiger partial charge in [0.25, 0.3) is 10.0 Å². The summed E-state index contributed by atoms with van der Waals surface area (Å²) in [7, 11) is -3.80. The van der Waals surface area contributed by atoms with Gasteiger partial charge in [0, 0.05) is 17.6 Å². The Bertz CT molecular complexity index is 1320. The number of benzene rings is 2. The number of hydrogen-bond acceptors (Lipinski definition) is 9. The highest BCUT2D eigenvalue weighted by atomic mass is 79.9. The molecule has 3 aromatic rings. The summed E-state index contributed by atoms with van der Waals surface area (Å²) in [6, 6.07) is 11.8. The van der Waals surface area contributed by atoms with Crippen LogP contribution in [0.15, 0.2) is 66.4 Å². The standard InChI is InChI=1S/C21H25BrN8O4S/c1-13-4-8-16(9-5-13)35(32,33)30-21(23)25-11-3-10-24-19-18(28-34-29-19)20(27-31)26-15-7-6-14(2)17(22)12-15/h4-9,12,31H,3,10-11H2,1-2H3,(H,24,29)(H,26,27)(H3,23,25,30). The number of aromatic nitrogens is 2. The third kappa shape index (κ3) is 7.24. The van der Waals surface area contributed by atoms with Crippen molar-refractivity contribution in [2.24, 2.45) is 15.7 Å². The van der Waals surface area contributed by atoms with Gasteiger partial charge >= 0.3 is 0 Å². The Hall–Kier alpha value is -3.49. The minimum Gasteiger partial charge on any atom is -0.369 e. The topological polar surface area (TPSA) is 180 Å². The van der Waals surface area contributed by atoms with Crippen LogP contribution >= 0.6 is 15.9 Å². The fourth-order valence-corrected chi connectivity index (χ4v) is 4.12. The fourth-order valence-electron chi connectivity index (χ4n) is 2.80. The summed E-state index contributed by atoms with van der Waals surface area (Å²) in [5.41, 5.74) is 10.5. The summed E-state index contributed by atoms with van der Waals surface area (Å²) in [6.45, 7) is 4.44. The second-order valence-electron chi connectivity index (χ2n) is 7.43. The summed E-state index contributed by atoms with van der Waals surface area (Å²) >= 11 is 3.44. The van der Waals surface area contributed by atoms with Crippen molar-refractivity contribution in [3.63, 3.8) is 0 Å². The van der Waals surface area contributed by atoms with Crippen molar-refractivity contribution >= 4 is 49.3 Å². The van der Waals surface area contributed by atoms with E-state index in [4.69, 9.17) is 10.4 Å². The highest BCUT2D eigenvalue weighted by molar-refractivity contribution is 9.10. The molecule has 0 amide bonds. The number of rotatable bonds is 9. The SMILES string of the molecule is Cc1ccc(S(=O)(=O)NC(N)=NCCCNc2nonc2C(=Nc2ccc(C)c(Br)c2)NO)cc1. The summed E-state index contributed by atoms with van der Waals surface area (Å²) in [6.07, 6.45) is 0.489. The average molecular weight is 565 g/mol. The lowest BCUT2D eigenvalue weighted by Gasteiger charge is -2.08. The zero-order valence-corrected chi connectivity index (χ0v) is 21.4. The molecule has 1 heterocycles. The van der Waals surface area contributed by atoms with Crippen molar-refractivity contribution in [3.05, 3.63) is 63.8 Å². The number of nitrogens with two attached hydrogens (primary N) is 1. The lowest BCUT2D eigenvalue weighted by Crippen LogP contribution is -2.37. The first-order valence-corrected chi connectivity index (χ1v) is 12.7. The third-order valence-electron chi connectivity index (χ3n) is 4.69. The number of nitrogens with one attached hydrogen (secondary N) is 3. The molecule has 0 saturated carbocycles. The Labute approximate surface area is 210 Å². The van der Waals surface area contributed by atoms with Gasteiger partial charge in [-0.05, 0) is 60.4 Å². The predicted molar refractivity (Wildman–Crippen MR) is 135 cm³/mol. The Balaban J connectivity index is 1.55. The van der Waals surface area contributed by atoms with Crippen LogP contribution in [0.5, 0.6) is 0 Å². The molecular formula is C21H25BrN8O4S. The second-order valence-corrected chi connectivity index (χ2v) is 9.97. The fraction of sp³-hybridized carbons (Fsp3) is 0.238. The van der Waals surface area contributed by atoms with Crippen LogP contribution in [0.4, 0.5) is 11.5 Å². The van der Waals surface area contributed by atoms with Gasteiger partial charge in [-0.2, -0.15) is 0 Å². The van der Waals surface area contributed by atoms with Crippen molar-refractivity contribution in [1.29, 1.82) is 0 Å². The first-order chi connectivity index (χ1) is 16.7. The van der Waals surface area contributed by atoms with Crippen LogP contribution in [0.3, 0.4) is 0 Å². The first kappa shape index (κ1) is 26.1. The van der Waals surface area contributed by atoms with E-state index >= 15 is 0 Å². The van der Waals surface area contributed by atoms with E-state index in [1.54, 1.807) is 24.3 Å². The van der Waals surface area contributed by atoms with Gasteiger partial charge in [0.1, 0.15) is 0 Å². The average Bonchev–Trinajstić information content (AvgIpc) is 3.28. The van der Waals surface area contributed by atoms with E-state index in [0.717, 1.165) is 15.6 Å². The van der Waals surface area contributed by atoms with Gasteiger partial charge < -0.3 is 11.1 Å². The maximum Gasteiger partial charge on any atom is 0.264 e. The van der Waals surface area contributed by atoms with E-state index in [1.165, 1.54) is 12.1 Å². The van der Waals surface area contributed by atoms with Crippen LogP contribution in [0, 0.1) is 13.8 Å². The van der Waals surface area contributed by atoms with Gasteiger partial charge in [-0.1, -0.05) is 39.7 Å². The Kier molecular flexibility index (Phi) is 8.78. The lowest BCUT2D eigenvalue weighted by molar-refractivity contribution is 0.234. The molecule has 12 nitrogen and oxygen atoms in total. The lowest BCUT2D eigenvalue weighted by atomic mass is 10.2. The number of hydrogen-bond donors (Lipinski definition) is 5. The summed E-state index contributed by atoms with van der Waals surface area (Å²) in [5.74, 6) is 0.0864. The Morgan fingerprint density at radius 3 is 2.60 bits per heavy atom. The largest absolute Gasteiger partial charge is 0.369 e. The number of guanidine groups is 1. The number of amidine groups is 1. The number of nitrogens with zero attached hydrogens (tertiary/aromatic N) is 4. The quantitative estimate of drug-likeness (QED) is 0.113. The van der Waals surface area contributed by atoms with Gasteiger partial charge in [-0.3, -0.25) is 15.7 Å². The predicted octanol–water partition coefficient (Wildman–Crippen LogP) is 2.60. The molecule has 0 atom stereocenters. The molecule has 6 N–H and O–H groups in total. The van der Waals surface area contributed by atoms with Crippen molar-refractivity contribution in [2.45, 2.75) is 25.2 Å². The zero-order valence-electron chi connectivity index (χ0n) is 19.0. The first-order valence-electron chi connectivity index (χ1n) is 10.4. The number of anilines is 1. The van der Waals surface area contributed by atoms with Gasteiger partial charge in [0.05, 0.1) is 10.6 Å². The molecule has 0 aliphatic heterocycles. The molecule has 0 radical (unpaired) electrons. The molecule has 0 unspecified atom stereocenters. The molecule has 0 spiro atoms. The molecule has 2 aromatic carbocycles. The molecule has 186 valence electrons. The Morgan fingerprint density at radius 2 is 1.91 bits per heavy atom. The van der Waals surface area contributed by atoms with Crippen LogP contribution in [0.25, 0.3) is 0 Å². The van der Waals surface area contributed by atoms with Gasteiger partial charge in [-0.25, -0.2) is 22.8 Å². The molecule has 0 fully saturated rings. The van der Waals surface area contributed by atoms with Crippen molar-refractivity contribution in [1.82, 2.24) is 20.5 Å². The van der Waals surface area contributed by atoms with Gasteiger partial charge in [-0.15, -0.1) is 0 Å². The maximum absolute atomic E-state index is 12.3. The van der Waals surface area contributed by atoms with E-state index < -0.39 is 10.0 Å². The van der Waals surface area contributed by atoms with E-state index in [2.05, 4.69) is 46.3 Å². The molecule has 0 saturated heterocycles. The van der Waals surface area contributed by atoms with Crippen LogP contribution in [0.2, 0.25) is 0 Å². The highest BCUT2D eigenvalue weighted by Gasteiger charge is 2.17. The van der Waals surface area contributed by atoms with E-state index in [0.29, 0.717) is 18.7 Å². The van der Waals surface area contributed by atoms with Crippen LogP contribution in [0.1, 0.15) is 23.2 Å². The summed E-state index contributed by atoms with van der Waals surface area (Å²) < 4.78 is 32.6. The summed E-state index contributed by atoms with van der Waals surface area (Å²) in [4.78, 5) is 8.47. The smallest absolute Gasteiger partial charge is 0.264 e. The second kappa shape index (κ2) is 11.8. The minimum absolute atomic E-state index is 0.0391. The monoisotopic (exact) mass is 564 g/mol. The summed E-state index contributed by atoms with van der Waals surface area (Å²) in [5, 5.41) is 20.1. The maximum atomic E-state index is 12.3. The number of aliphatic imine (C=N–C) groups is 2.